The molecular weight excluding hydrogens is 87.0 g/mol. The molecule has 0 aromatic carbocycles. The van der Waals surface area contributed by atoms with Crippen LogP contribution in [0.5, 0.6) is 0 Å². The van der Waals surface area contributed by atoms with Gasteiger partial charge in [-0.05, 0) is 6.92 Å². The molecule has 0 aliphatic carbocycles. The summed E-state index contributed by atoms with van der Waals surface area (Å²) < 4.78 is 4.15. The van der Waals surface area contributed by atoms with Gasteiger partial charge < -0.3 is 4.74 Å². The van der Waals surface area contributed by atoms with E-state index in [1.54, 1.807) is 6.92 Å². The zero-order valence-corrected chi connectivity index (χ0v) is 3.51. The largest absolute Gasteiger partial charge is 0.468 e. The first-order chi connectivity index (χ1) is 2.41. The second-order valence-corrected chi connectivity index (χ2v) is 0.552. The number of rotatable bonds is 2. The molecule has 0 saturated carbocycles. The molecule has 0 aromatic heterocycles. The molecule has 0 saturated heterocycles. The number of halogens is 1. The zero-order valence-electron chi connectivity index (χ0n) is 3.51. The highest BCUT2D eigenvalue weighted by molar-refractivity contribution is 5.36. The summed E-state index contributed by atoms with van der Waals surface area (Å²) in [6, 6.07) is 0. The molecule has 0 spiro atoms. The van der Waals surface area contributed by atoms with E-state index in [9.17, 15) is 4.79 Å². The Morgan fingerprint density at radius 3 is 2.33 bits per heavy atom. The van der Waals surface area contributed by atoms with Gasteiger partial charge in [0, 0.05) is 0 Å². The van der Waals surface area contributed by atoms with Crippen molar-refractivity contribution in [2.75, 3.05) is 6.61 Å². The third kappa shape index (κ3) is 9.99. The predicted octanol–water partition coefficient (Wildman–Crippen LogP) is 0.332. The third-order valence-corrected chi connectivity index (χ3v) is 0.235. The van der Waals surface area contributed by atoms with Crippen molar-refractivity contribution in [2.45, 2.75) is 6.92 Å². The van der Waals surface area contributed by atoms with Crippen LogP contribution in [0.2, 0.25) is 0 Å². The van der Waals surface area contributed by atoms with Crippen molar-refractivity contribution in [1.82, 2.24) is 0 Å². The lowest BCUT2D eigenvalue weighted by atomic mass is 10.9. The SMILES string of the molecule is CCOC=O.F. The van der Waals surface area contributed by atoms with Gasteiger partial charge in [-0.15, -0.1) is 0 Å². The quantitative estimate of drug-likeness (QED) is 0.461. The Bertz CT molecular complexity index is 30.0. The Kier molecular flexibility index (Phi) is 13.3. The Morgan fingerprint density at radius 1 is 1.83 bits per heavy atom. The first-order valence-corrected chi connectivity index (χ1v) is 1.47. The number of ether oxygens (including phenoxy) is 1. The molecule has 0 aliphatic heterocycles. The van der Waals surface area contributed by atoms with E-state index in [1.165, 1.54) is 0 Å². The molecule has 0 aromatic rings. The van der Waals surface area contributed by atoms with Crippen LogP contribution in [0.3, 0.4) is 0 Å². The average molecular weight is 94.1 g/mol. The second kappa shape index (κ2) is 8.83. The molecule has 3 heteroatoms. The zero-order chi connectivity index (χ0) is 4.12. The highest BCUT2D eigenvalue weighted by atomic mass is 19.0. The fourth-order valence-electron chi connectivity index (χ4n) is 0.0680. The van der Waals surface area contributed by atoms with Crippen LogP contribution in [0.25, 0.3) is 0 Å². The van der Waals surface area contributed by atoms with E-state index < -0.39 is 0 Å². The fourth-order valence-corrected chi connectivity index (χ4v) is 0.0680. The molecule has 0 aliphatic rings. The summed E-state index contributed by atoms with van der Waals surface area (Å²) in [4.78, 5) is 9.18. The minimum atomic E-state index is 0. The maximum atomic E-state index is 9.18. The molecule has 0 fully saturated rings. The first-order valence-electron chi connectivity index (χ1n) is 1.47. The minimum absolute atomic E-state index is 0. The van der Waals surface area contributed by atoms with Crippen LogP contribution in [0, 0.1) is 0 Å². The second-order valence-electron chi connectivity index (χ2n) is 0.552. The molecule has 0 rings (SSSR count). The molecule has 0 N–H and O–H groups in total. The van der Waals surface area contributed by atoms with Gasteiger partial charge in [0.1, 0.15) is 0 Å². The van der Waals surface area contributed by atoms with E-state index in [2.05, 4.69) is 4.74 Å². The van der Waals surface area contributed by atoms with E-state index in [0.717, 1.165) is 0 Å². The van der Waals surface area contributed by atoms with Gasteiger partial charge in [0.2, 0.25) is 0 Å². The van der Waals surface area contributed by atoms with Gasteiger partial charge in [-0.25, -0.2) is 0 Å². The summed E-state index contributed by atoms with van der Waals surface area (Å²) in [5.41, 5.74) is 0. The third-order valence-electron chi connectivity index (χ3n) is 0.235. The average Bonchev–Trinajstić information content (AvgIpc) is 1.41. The highest BCUT2D eigenvalue weighted by Gasteiger charge is 1.60. The van der Waals surface area contributed by atoms with Gasteiger partial charge in [0.25, 0.3) is 6.47 Å². The summed E-state index contributed by atoms with van der Waals surface area (Å²) in [6.45, 7) is 2.66. The van der Waals surface area contributed by atoms with Crippen molar-refractivity contribution in [3.63, 3.8) is 0 Å². The summed E-state index contributed by atoms with van der Waals surface area (Å²) in [5.74, 6) is 0. The molecule has 0 unspecified atom stereocenters. The van der Waals surface area contributed by atoms with Gasteiger partial charge in [0.15, 0.2) is 0 Å². The van der Waals surface area contributed by atoms with Crippen molar-refractivity contribution in [2.24, 2.45) is 0 Å². The van der Waals surface area contributed by atoms with Gasteiger partial charge in [0.05, 0.1) is 6.61 Å². The summed E-state index contributed by atoms with van der Waals surface area (Å²) >= 11 is 0. The van der Waals surface area contributed by atoms with Crippen LogP contribution in [0.15, 0.2) is 0 Å². The van der Waals surface area contributed by atoms with Crippen LogP contribution in [0.1, 0.15) is 6.92 Å². The van der Waals surface area contributed by atoms with Crippen LogP contribution < -0.4 is 0 Å². The number of carbonyl (C=O) groups excluding carboxylic acids is 1. The molecule has 0 radical (unpaired) electrons. The van der Waals surface area contributed by atoms with Crippen molar-refractivity contribution < 1.29 is 14.2 Å². The monoisotopic (exact) mass is 94.0 g/mol. The van der Waals surface area contributed by atoms with Crippen LogP contribution >= 0.6 is 0 Å². The Balaban J connectivity index is 0. The van der Waals surface area contributed by atoms with Crippen LogP contribution in [0.4, 0.5) is 4.70 Å². The maximum absolute atomic E-state index is 9.18. The van der Waals surface area contributed by atoms with Crippen molar-refractivity contribution >= 4 is 6.47 Å². The molecule has 6 heavy (non-hydrogen) atoms. The summed E-state index contributed by atoms with van der Waals surface area (Å²) in [6.07, 6.45) is 0. The fraction of sp³-hybridized carbons (Fsp3) is 0.667. The first kappa shape index (κ1) is 9.04. The summed E-state index contributed by atoms with van der Waals surface area (Å²) in [5, 5.41) is 0. The molecule has 2 nitrogen and oxygen atoms in total. The molecule has 0 amide bonds. The number of hydrogen-bond acceptors (Lipinski definition) is 2. The van der Waals surface area contributed by atoms with Crippen molar-refractivity contribution in [3.8, 4) is 0 Å². The lowest BCUT2D eigenvalue weighted by Crippen LogP contribution is -1.80. The summed E-state index contributed by atoms with van der Waals surface area (Å²) in [7, 11) is 0. The van der Waals surface area contributed by atoms with E-state index >= 15 is 0 Å². The van der Waals surface area contributed by atoms with Gasteiger partial charge >= 0.3 is 0 Å². The Morgan fingerprint density at radius 2 is 2.33 bits per heavy atom. The number of carbonyl (C=O) groups is 1. The Hall–Kier alpha value is -0.600. The molecule has 38 valence electrons. The maximum Gasteiger partial charge on any atom is 0.293 e. The van der Waals surface area contributed by atoms with E-state index in [0.29, 0.717) is 13.1 Å². The lowest BCUT2D eigenvalue weighted by molar-refractivity contribution is -0.128. The highest BCUT2D eigenvalue weighted by Crippen LogP contribution is 1.55. The van der Waals surface area contributed by atoms with E-state index in [1.807, 2.05) is 0 Å². The molecule has 0 bridgehead atoms. The van der Waals surface area contributed by atoms with Crippen molar-refractivity contribution in [1.29, 1.82) is 0 Å². The smallest absolute Gasteiger partial charge is 0.293 e. The van der Waals surface area contributed by atoms with Crippen LogP contribution in [-0.4, -0.2) is 13.1 Å². The molecular formula is C3H7FO2. The van der Waals surface area contributed by atoms with Gasteiger partial charge in [-0.1, -0.05) is 0 Å². The number of hydrogen-bond donors (Lipinski definition) is 0. The molecule has 0 heterocycles. The minimum Gasteiger partial charge on any atom is -0.468 e. The normalized spacial score (nSPS) is 5.50. The van der Waals surface area contributed by atoms with Gasteiger partial charge in [-0.2, -0.15) is 0 Å². The van der Waals surface area contributed by atoms with E-state index in [-0.39, 0.29) is 4.70 Å². The van der Waals surface area contributed by atoms with Crippen LogP contribution in [-0.2, 0) is 9.53 Å². The Labute approximate surface area is 35.5 Å². The standard InChI is InChI=1S/C3H6O2.FH/c1-2-5-3-4;/h3H,2H2,1H3;1H. The lowest BCUT2D eigenvalue weighted by Gasteiger charge is -1.79. The van der Waals surface area contributed by atoms with Crippen molar-refractivity contribution in [3.05, 3.63) is 0 Å². The van der Waals surface area contributed by atoms with E-state index in [4.69, 9.17) is 0 Å². The topological polar surface area (TPSA) is 26.3 Å². The predicted molar refractivity (Wildman–Crippen MR) is 20.2 cm³/mol. The van der Waals surface area contributed by atoms with Gasteiger partial charge in [-0.3, -0.25) is 9.50 Å². The molecule has 0 atom stereocenters.